The van der Waals surface area contributed by atoms with Crippen molar-refractivity contribution in [2.45, 2.75) is 6.42 Å². The average Bonchev–Trinajstić information content (AvgIpc) is 2.53. The molecule has 0 aliphatic carbocycles. The lowest BCUT2D eigenvalue weighted by Gasteiger charge is -2.13. The van der Waals surface area contributed by atoms with E-state index in [0.29, 0.717) is 11.1 Å². The van der Waals surface area contributed by atoms with Gasteiger partial charge in [0.25, 0.3) is 0 Å². The fourth-order valence-electron chi connectivity index (χ4n) is 1.59. The van der Waals surface area contributed by atoms with E-state index in [0.717, 1.165) is 0 Å². The highest BCUT2D eigenvalue weighted by molar-refractivity contribution is 7.97. The van der Waals surface area contributed by atoms with Gasteiger partial charge in [0, 0.05) is 6.42 Å². The van der Waals surface area contributed by atoms with E-state index < -0.39 is 0 Å². The van der Waals surface area contributed by atoms with Gasteiger partial charge in [-0.15, -0.1) is 0 Å². The van der Waals surface area contributed by atoms with Crippen LogP contribution in [-0.2, 0) is 11.1 Å². The van der Waals surface area contributed by atoms with Crippen LogP contribution >= 0.6 is 0 Å². The van der Waals surface area contributed by atoms with Crippen LogP contribution in [0.3, 0.4) is 0 Å². The Morgan fingerprint density at radius 3 is 2.58 bits per heavy atom. The first kappa shape index (κ1) is 7.99. The lowest BCUT2D eigenvalue weighted by Crippen LogP contribution is -2.23. The molecule has 12 heavy (non-hydrogen) atoms. The molecular weight excluding hydrogens is 166 g/mol. The lowest BCUT2D eigenvalue weighted by atomic mass is 10.3. The molecule has 0 spiro atoms. The molecule has 1 aliphatic heterocycles. The van der Waals surface area contributed by atoms with Crippen molar-refractivity contribution in [3.05, 3.63) is 30.3 Å². The molecule has 2 heteroatoms. The Morgan fingerprint density at radius 2 is 2.00 bits per heavy atom. The second-order valence-electron chi connectivity index (χ2n) is 3.10. The van der Waals surface area contributed by atoms with Gasteiger partial charge in [0.15, 0.2) is 0 Å². The lowest BCUT2D eigenvalue weighted by molar-refractivity contribution is 0.989. The Morgan fingerprint density at radius 1 is 1.25 bits per heavy atom. The molecule has 1 unspecified atom stereocenters. The molecule has 1 atom stereocenters. The predicted molar refractivity (Wildman–Crippen MR) is 56.6 cm³/mol. The van der Waals surface area contributed by atoms with Gasteiger partial charge in [-0.05, 0) is 12.1 Å². The van der Waals surface area contributed by atoms with Crippen LogP contribution < -0.4 is 4.31 Å². The molecule has 1 aromatic carbocycles. The van der Waals surface area contributed by atoms with Crippen molar-refractivity contribution < 1.29 is 0 Å². The summed E-state index contributed by atoms with van der Waals surface area (Å²) in [7, 11) is 0. The first-order valence-corrected chi connectivity index (χ1v) is 6.09. The van der Waals surface area contributed by atoms with E-state index in [-0.39, 0.29) is 0 Å². The first-order valence-electron chi connectivity index (χ1n) is 4.33. The molecule has 1 heterocycles. The highest BCUT2D eigenvalue weighted by atomic mass is 32.2. The van der Waals surface area contributed by atoms with E-state index in [9.17, 15) is 0 Å². The van der Waals surface area contributed by atoms with Gasteiger partial charge < -0.3 is 0 Å². The molecule has 1 aliphatic rings. The van der Waals surface area contributed by atoms with E-state index in [1.807, 2.05) is 0 Å². The SMILES string of the molecule is C[S+]1CCCN1c1ccccc1. The third-order valence-electron chi connectivity index (χ3n) is 2.22. The Bertz CT molecular complexity index is 247. The van der Waals surface area contributed by atoms with Crippen molar-refractivity contribution in [3.8, 4) is 0 Å². The number of para-hydroxylation sites is 1. The van der Waals surface area contributed by atoms with Crippen molar-refractivity contribution in [2.75, 3.05) is 22.9 Å². The van der Waals surface area contributed by atoms with Crippen molar-refractivity contribution in [1.29, 1.82) is 0 Å². The fraction of sp³-hybridized carbons (Fsp3) is 0.400. The average molecular weight is 180 g/mol. The summed E-state index contributed by atoms with van der Waals surface area (Å²) in [5, 5.41) is 0. The minimum absolute atomic E-state index is 0.472. The van der Waals surface area contributed by atoms with Gasteiger partial charge in [-0.2, -0.15) is 4.31 Å². The van der Waals surface area contributed by atoms with Gasteiger partial charge >= 0.3 is 0 Å². The quantitative estimate of drug-likeness (QED) is 0.598. The van der Waals surface area contributed by atoms with Gasteiger partial charge in [-0.1, -0.05) is 18.2 Å². The molecule has 0 N–H and O–H groups in total. The maximum atomic E-state index is 2.51. The Balaban J connectivity index is 2.19. The molecule has 64 valence electrons. The highest BCUT2D eigenvalue weighted by Crippen LogP contribution is 2.23. The van der Waals surface area contributed by atoms with Crippen LogP contribution in [0.2, 0.25) is 0 Å². The van der Waals surface area contributed by atoms with Crippen LogP contribution in [0.5, 0.6) is 0 Å². The van der Waals surface area contributed by atoms with Crippen molar-refractivity contribution in [2.24, 2.45) is 0 Å². The summed E-state index contributed by atoms with van der Waals surface area (Å²) in [5.41, 5.74) is 1.39. The Labute approximate surface area is 76.9 Å². The summed E-state index contributed by atoms with van der Waals surface area (Å²) >= 11 is 0.472. The number of hydrogen-bond donors (Lipinski definition) is 0. The number of anilines is 1. The summed E-state index contributed by atoms with van der Waals surface area (Å²) in [5.74, 6) is 1.37. The molecule has 2 rings (SSSR count). The molecular formula is C10H14NS+. The Kier molecular flexibility index (Phi) is 2.26. The highest BCUT2D eigenvalue weighted by Gasteiger charge is 2.29. The largest absolute Gasteiger partial charge is 0.195 e. The molecule has 0 aromatic heterocycles. The number of hydrogen-bond acceptors (Lipinski definition) is 1. The van der Waals surface area contributed by atoms with Crippen molar-refractivity contribution in [1.82, 2.24) is 0 Å². The van der Waals surface area contributed by atoms with Crippen molar-refractivity contribution in [3.63, 3.8) is 0 Å². The fourth-order valence-corrected chi connectivity index (χ4v) is 3.28. The van der Waals surface area contributed by atoms with Gasteiger partial charge in [-0.3, -0.25) is 0 Å². The smallest absolute Gasteiger partial charge is 0.134 e. The minimum atomic E-state index is 0.472. The Hall–Kier alpha value is -0.630. The van der Waals surface area contributed by atoms with Crippen LogP contribution in [0.4, 0.5) is 5.69 Å². The summed E-state index contributed by atoms with van der Waals surface area (Å²) < 4.78 is 2.51. The molecule has 1 fully saturated rings. The van der Waals surface area contributed by atoms with E-state index in [2.05, 4.69) is 40.9 Å². The molecule has 0 bridgehead atoms. The van der Waals surface area contributed by atoms with Crippen LogP contribution in [0, 0.1) is 0 Å². The molecule has 1 nitrogen and oxygen atoms in total. The maximum Gasteiger partial charge on any atom is 0.134 e. The molecule has 1 aromatic rings. The monoisotopic (exact) mass is 180 g/mol. The van der Waals surface area contributed by atoms with Gasteiger partial charge in [0.1, 0.15) is 12.0 Å². The van der Waals surface area contributed by atoms with E-state index in [1.165, 1.54) is 24.4 Å². The number of nitrogens with zero attached hydrogens (tertiary/aromatic N) is 1. The second-order valence-corrected chi connectivity index (χ2v) is 5.15. The maximum absolute atomic E-state index is 2.51. The van der Waals surface area contributed by atoms with Crippen LogP contribution in [0.1, 0.15) is 6.42 Å². The zero-order valence-corrected chi connectivity index (χ0v) is 8.18. The molecule has 0 radical (unpaired) electrons. The predicted octanol–water partition coefficient (Wildman–Crippen LogP) is 2.06. The van der Waals surface area contributed by atoms with E-state index in [4.69, 9.17) is 0 Å². The summed E-state index contributed by atoms with van der Waals surface area (Å²) in [6, 6.07) is 10.7. The zero-order valence-electron chi connectivity index (χ0n) is 7.36. The molecule has 0 amide bonds. The van der Waals surface area contributed by atoms with Gasteiger partial charge in [-0.25, -0.2) is 0 Å². The van der Waals surface area contributed by atoms with Crippen LogP contribution in [0.25, 0.3) is 0 Å². The number of rotatable bonds is 1. The first-order chi connectivity index (χ1) is 5.88. The third-order valence-corrected chi connectivity index (χ3v) is 4.25. The summed E-state index contributed by atoms with van der Waals surface area (Å²) in [6.45, 7) is 1.24. The van der Waals surface area contributed by atoms with Crippen LogP contribution in [-0.4, -0.2) is 18.6 Å². The van der Waals surface area contributed by atoms with Crippen LogP contribution in [0.15, 0.2) is 30.3 Å². The van der Waals surface area contributed by atoms with E-state index in [1.54, 1.807) is 0 Å². The standard InChI is InChI=1S/C10H14NS/c1-12-9-5-8-11(12)10-6-3-2-4-7-10/h2-4,6-7H,5,8-9H2,1H3/q+1. The van der Waals surface area contributed by atoms with E-state index >= 15 is 0 Å². The zero-order chi connectivity index (χ0) is 8.39. The molecule has 0 saturated carbocycles. The second kappa shape index (κ2) is 3.40. The van der Waals surface area contributed by atoms with Gasteiger partial charge in [0.05, 0.1) is 23.3 Å². The summed E-state index contributed by atoms with van der Waals surface area (Å²) in [6.07, 6.45) is 3.69. The topological polar surface area (TPSA) is 3.24 Å². The van der Waals surface area contributed by atoms with Crippen molar-refractivity contribution >= 4 is 16.8 Å². The third kappa shape index (κ3) is 1.44. The summed E-state index contributed by atoms with van der Waals surface area (Å²) in [4.78, 5) is 0. The normalized spacial score (nSPS) is 23.1. The molecule has 1 saturated heterocycles. The van der Waals surface area contributed by atoms with Gasteiger partial charge in [0.2, 0.25) is 0 Å². The minimum Gasteiger partial charge on any atom is -0.195 e. The number of benzene rings is 1.